The fourth-order valence-electron chi connectivity index (χ4n) is 30.3. The highest BCUT2D eigenvalue weighted by Crippen LogP contribution is 2.63. The topological polar surface area (TPSA) is 96.9 Å². The zero-order valence-corrected chi connectivity index (χ0v) is 57.1. The quantitative estimate of drug-likeness (QED) is 0.154. The van der Waals surface area contributed by atoms with E-state index in [1.165, 1.54) is 309 Å². The van der Waals surface area contributed by atoms with Crippen LogP contribution in [0.5, 0.6) is 0 Å². The number of rotatable bonds is 9. The van der Waals surface area contributed by atoms with Crippen molar-refractivity contribution in [2.45, 2.75) is 374 Å². The third-order valence-corrected chi connectivity index (χ3v) is 33.3. The molecule has 0 spiro atoms. The Morgan fingerprint density at radius 2 is 0.578 bits per heavy atom. The van der Waals surface area contributed by atoms with Crippen LogP contribution in [0.15, 0.2) is 0 Å². The number of nitrogens with zero attached hydrogens (tertiary/aromatic N) is 5. The van der Waals surface area contributed by atoms with Gasteiger partial charge in [0.05, 0.1) is 30.5 Å². The molecule has 10 nitrogen and oxygen atoms in total. The molecule has 0 amide bonds. The number of hydrogen-bond acceptors (Lipinski definition) is 10. The first-order chi connectivity index (χ1) is 44.7. The molecule has 11 aliphatic carbocycles. The molecule has 18 fully saturated rings. The van der Waals surface area contributed by atoms with Gasteiger partial charge < -0.3 is 10.6 Å². The van der Waals surface area contributed by atoms with Crippen LogP contribution < -0.4 is 26.6 Å². The minimum absolute atomic E-state index is 0.0706. The lowest BCUT2D eigenvalue weighted by Crippen LogP contribution is -2.78. The van der Waals surface area contributed by atoms with E-state index in [4.69, 9.17) is 10.6 Å². The zero-order chi connectivity index (χ0) is 59.4. The van der Waals surface area contributed by atoms with Crippen LogP contribution in [-0.4, -0.2) is 137 Å². The number of piperidine rings is 2. The van der Waals surface area contributed by atoms with Crippen molar-refractivity contribution in [1.29, 1.82) is 5.26 Å². The Kier molecular flexibility index (Phi) is 18.3. The molecule has 7 heterocycles. The lowest BCUT2D eigenvalue weighted by atomic mass is 9.51. The van der Waals surface area contributed by atoms with Crippen LogP contribution in [0.25, 0.3) is 0 Å². The van der Waals surface area contributed by atoms with E-state index in [9.17, 15) is 5.26 Å². The Labute approximate surface area is 549 Å². The van der Waals surface area contributed by atoms with Gasteiger partial charge >= 0.3 is 0 Å². The second-order valence-electron chi connectivity index (χ2n) is 36.6. The lowest BCUT2D eigenvalue weighted by Gasteiger charge is -2.64. The molecule has 0 aromatic rings. The molecular weight excluding hydrogens is 1100 g/mol. The van der Waals surface area contributed by atoms with Crippen LogP contribution in [0, 0.1) is 106 Å². The first-order valence-corrected chi connectivity index (χ1v) is 41.9. The number of hydrogen-bond donors (Lipinski definition) is 5. The lowest BCUT2D eigenvalue weighted by molar-refractivity contribution is -0.150. The van der Waals surface area contributed by atoms with Crippen molar-refractivity contribution in [3.8, 4) is 6.07 Å². The van der Waals surface area contributed by atoms with Crippen molar-refractivity contribution in [1.82, 2.24) is 46.2 Å². The Morgan fingerprint density at radius 1 is 0.256 bits per heavy atom. The van der Waals surface area contributed by atoms with Gasteiger partial charge in [-0.25, -0.2) is 0 Å². The molecule has 11 saturated carbocycles. The Hall–Kier alpha value is -0.870. The summed E-state index contributed by atoms with van der Waals surface area (Å²) in [6.45, 7) is 4.82. The van der Waals surface area contributed by atoms with E-state index in [0.717, 1.165) is 89.5 Å². The minimum atomic E-state index is 0.0706. The number of nitrogens with one attached hydrogen (secondary N) is 5. The summed E-state index contributed by atoms with van der Waals surface area (Å²) in [6.07, 6.45) is 64.3. The summed E-state index contributed by atoms with van der Waals surface area (Å²) in [6, 6.07) is 12.2. The molecule has 90 heavy (non-hydrogen) atoms. The molecule has 7 saturated heterocycles. The molecule has 7 aliphatic heterocycles. The van der Waals surface area contributed by atoms with Gasteiger partial charge in [-0.1, -0.05) is 116 Å². The van der Waals surface area contributed by atoms with Crippen LogP contribution in [0.3, 0.4) is 0 Å². The fraction of sp³-hybridized carbons (Fsp3) is 0.988. The van der Waals surface area contributed by atoms with Crippen LogP contribution in [0.1, 0.15) is 283 Å². The summed E-state index contributed by atoms with van der Waals surface area (Å²) in [5.74, 6) is 11.4. The van der Waals surface area contributed by atoms with Gasteiger partial charge in [-0.05, 0) is 276 Å². The molecule has 502 valence electrons. The third-order valence-electron chi connectivity index (χ3n) is 33.3. The number of likely N-dealkylation sites (tertiary alicyclic amines) is 4. The van der Waals surface area contributed by atoms with Crippen molar-refractivity contribution in [3.05, 3.63) is 0 Å². The van der Waals surface area contributed by atoms with Crippen molar-refractivity contribution in [2.75, 3.05) is 26.2 Å². The van der Waals surface area contributed by atoms with Crippen LogP contribution in [0.4, 0.5) is 0 Å². The fourth-order valence-corrected chi connectivity index (χ4v) is 30.3. The minimum Gasteiger partial charge on any atom is -0.316 e. The van der Waals surface area contributed by atoms with Crippen LogP contribution in [0.2, 0.25) is 0 Å². The normalized spacial score (nSPS) is 52.6. The van der Waals surface area contributed by atoms with E-state index < -0.39 is 0 Å². The SMILES string of the molecule is N#CC1C(C2CCC(N3C4CCCCC4C4CCCCC43)CC2)C(N2C3CCCCC3C3CNCCC32)C(C2CCC(N3C4CCCCC4C4CCCCC43)CC2)C(C2NC(C3CCCCC3)NC(C3CCCCC3)N2)C1N1C2CCCCC2C2CNCCC21. The number of nitriles is 1. The van der Waals surface area contributed by atoms with E-state index in [0.29, 0.717) is 84.1 Å². The molecule has 0 aromatic carbocycles. The van der Waals surface area contributed by atoms with Crippen LogP contribution in [-0.2, 0) is 0 Å². The molecule has 0 aromatic heterocycles. The van der Waals surface area contributed by atoms with Gasteiger partial charge in [0.1, 0.15) is 0 Å². The van der Waals surface area contributed by atoms with Gasteiger partial charge in [0.2, 0.25) is 0 Å². The Bertz CT molecular complexity index is 2310. The van der Waals surface area contributed by atoms with Crippen molar-refractivity contribution in [3.63, 3.8) is 0 Å². The van der Waals surface area contributed by atoms with Gasteiger partial charge in [0.25, 0.3) is 0 Å². The highest BCUT2D eigenvalue weighted by atomic mass is 15.4. The van der Waals surface area contributed by atoms with Gasteiger partial charge in [0, 0.05) is 78.4 Å². The average Bonchev–Trinajstić information content (AvgIpc) is 1.32. The maximum absolute atomic E-state index is 13.4. The Balaban J connectivity index is 0.793. The van der Waals surface area contributed by atoms with E-state index in [1.54, 1.807) is 0 Å². The molecular formula is C80H132N10. The van der Waals surface area contributed by atoms with Gasteiger partial charge in [-0.3, -0.25) is 35.6 Å². The molecule has 10 heteroatoms. The van der Waals surface area contributed by atoms with Crippen molar-refractivity contribution < 1.29 is 0 Å². The molecule has 0 radical (unpaired) electrons. The van der Waals surface area contributed by atoms with Gasteiger partial charge in [-0.15, -0.1) is 0 Å². The predicted octanol–water partition coefficient (Wildman–Crippen LogP) is 14.3. The largest absolute Gasteiger partial charge is 0.316 e. The first-order valence-electron chi connectivity index (χ1n) is 41.9. The third kappa shape index (κ3) is 10.8. The summed E-state index contributed by atoms with van der Waals surface area (Å²) in [7, 11) is 0. The van der Waals surface area contributed by atoms with Crippen molar-refractivity contribution in [2.24, 2.45) is 94.7 Å². The highest BCUT2D eigenvalue weighted by molar-refractivity contribution is 5.23. The highest BCUT2D eigenvalue weighted by Gasteiger charge is 2.68. The molecule has 18 rings (SSSR count). The predicted molar refractivity (Wildman–Crippen MR) is 364 cm³/mol. The molecule has 0 bridgehead atoms. The number of fused-ring (bicyclic) bond motifs is 12. The van der Waals surface area contributed by atoms with Crippen LogP contribution >= 0.6 is 0 Å². The summed E-state index contributed by atoms with van der Waals surface area (Å²) < 4.78 is 0. The zero-order valence-electron chi connectivity index (χ0n) is 57.1. The molecule has 24 unspecified atom stereocenters. The second-order valence-corrected chi connectivity index (χ2v) is 36.6. The first kappa shape index (κ1) is 61.5. The monoisotopic (exact) mass is 1230 g/mol. The maximum Gasteiger partial charge on any atom is 0.0676 e. The summed E-state index contributed by atoms with van der Waals surface area (Å²) in [5, 5.41) is 35.9. The van der Waals surface area contributed by atoms with Gasteiger partial charge in [0.15, 0.2) is 0 Å². The average molecular weight is 1230 g/mol. The Morgan fingerprint density at radius 3 is 0.978 bits per heavy atom. The molecule has 24 atom stereocenters. The molecule has 5 N–H and O–H groups in total. The van der Waals surface area contributed by atoms with E-state index >= 15 is 0 Å². The smallest absolute Gasteiger partial charge is 0.0676 e. The maximum atomic E-state index is 13.4. The van der Waals surface area contributed by atoms with E-state index in [1.807, 2.05) is 0 Å². The summed E-state index contributed by atoms with van der Waals surface area (Å²) >= 11 is 0. The summed E-state index contributed by atoms with van der Waals surface area (Å²) in [5.41, 5.74) is 0. The van der Waals surface area contributed by atoms with E-state index in [-0.39, 0.29) is 12.1 Å². The summed E-state index contributed by atoms with van der Waals surface area (Å²) in [4.78, 5) is 13.7. The van der Waals surface area contributed by atoms with Crippen molar-refractivity contribution >= 4 is 0 Å². The molecule has 18 aliphatic rings. The standard InChI is InChI=1S/C80H132N10/c81-47-62-73(50-35-39-54(40-36-50)87-65-29-13-7-23-56(65)57-24-8-14-30-66(57)87)77(90-70-34-18-12-28-61(70)64-49-83-46-44-72(64)90)74(51-37-41-55(42-38-51)88-67-31-15-9-25-58(67)59-26-10-16-32-68(59)88)75(76(62)89-69-33-17-11-27-60(69)63-48-82-45-43-71(63)89)80-85-78(52-19-3-1-4-20-52)84-79(86-80)53-21-5-2-6-22-53/h50-80,82-86H,1-46,48-49H2. The second kappa shape index (κ2) is 26.8. The van der Waals surface area contributed by atoms with Gasteiger partial charge in [-0.2, -0.15) is 5.26 Å². The van der Waals surface area contributed by atoms with E-state index in [2.05, 4.69) is 41.6 Å².